The van der Waals surface area contributed by atoms with Crippen molar-refractivity contribution in [1.29, 1.82) is 0 Å². The molecule has 6 nitrogen and oxygen atoms in total. The van der Waals surface area contributed by atoms with Crippen molar-refractivity contribution in [1.82, 2.24) is 4.98 Å². The molecule has 4 rings (SSSR count). The van der Waals surface area contributed by atoms with Crippen LogP contribution in [0.15, 0.2) is 60.8 Å². The Morgan fingerprint density at radius 3 is 2.74 bits per heavy atom. The average Bonchev–Trinajstić information content (AvgIpc) is 3.15. The lowest BCUT2D eigenvalue weighted by Crippen LogP contribution is -2.12. The van der Waals surface area contributed by atoms with Gasteiger partial charge in [0.25, 0.3) is 5.91 Å². The highest BCUT2D eigenvalue weighted by molar-refractivity contribution is 6.04. The maximum Gasteiger partial charge on any atom is 0.257 e. The Bertz CT molecular complexity index is 976. The van der Waals surface area contributed by atoms with Gasteiger partial charge in [-0.1, -0.05) is 18.2 Å². The zero-order chi connectivity index (χ0) is 18.6. The van der Waals surface area contributed by atoms with Crippen LogP contribution in [0.25, 0.3) is 0 Å². The third kappa shape index (κ3) is 3.82. The molecule has 0 saturated heterocycles. The molecule has 0 atom stereocenters. The summed E-state index contributed by atoms with van der Waals surface area (Å²) >= 11 is 0. The minimum atomic E-state index is -0.290. The summed E-state index contributed by atoms with van der Waals surface area (Å²) in [5, 5.41) is 5.82. The molecule has 1 aliphatic rings. The number of benzene rings is 2. The van der Waals surface area contributed by atoms with E-state index in [-0.39, 0.29) is 18.5 Å². The molecule has 0 spiro atoms. The summed E-state index contributed by atoms with van der Waals surface area (Å²) in [6.07, 6.45) is 1.46. The molecule has 0 saturated carbocycles. The lowest BCUT2D eigenvalue weighted by atomic mass is 10.2. The Balaban J connectivity index is 1.38. The van der Waals surface area contributed by atoms with E-state index in [9.17, 15) is 9.18 Å². The van der Waals surface area contributed by atoms with E-state index in [2.05, 4.69) is 15.6 Å². The molecular formula is C20H16FN3O3. The fraction of sp³-hybridized carbons (Fsp3) is 0.100. The van der Waals surface area contributed by atoms with Crippen LogP contribution in [0.3, 0.4) is 0 Å². The zero-order valence-electron chi connectivity index (χ0n) is 14.2. The van der Waals surface area contributed by atoms with E-state index in [1.165, 1.54) is 12.3 Å². The first-order chi connectivity index (χ1) is 13.2. The highest BCUT2D eigenvalue weighted by atomic mass is 19.1. The smallest absolute Gasteiger partial charge is 0.257 e. The molecule has 1 amide bonds. The second-order valence-corrected chi connectivity index (χ2v) is 5.90. The molecule has 1 aromatic heterocycles. The van der Waals surface area contributed by atoms with Crippen molar-refractivity contribution in [3.63, 3.8) is 0 Å². The third-order valence-electron chi connectivity index (χ3n) is 4.07. The van der Waals surface area contributed by atoms with Crippen molar-refractivity contribution in [2.75, 3.05) is 17.4 Å². The molecule has 3 aromatic rings. The van der Waals surface area contributed by atoms with E-state index >= 15 is 0 Å². The van der Waals surface area contributed by atoms with Gasteiger partial charge >= 0.3 is 0 Å². The quantitative estimate of drug-likeness (QED) is 0.719. The lowest BCUT2D eigenvalue weighted by Gasteiger charge is -2.08. The van der Waals surface area contributed by atoms with E-state index in [4.69, 9.17) is 9.47 Å². The first kappa shape index (κ1) is 16.8. The van der Waals surface area contributed by atoms with Gasteiger partial charge < -0.3 is 20.1 Å². The molecule has 0 aliphatic carbocycles. The first-order valence-corrected chi connectivity index (χ1v) is 8.33. The fourth-order valence-corrected chi connectivity index (χ4v) is 2.64. The highest BCUT2D eigenvalue weighted by Crippen LogP contribution is 2.34. The van der Waals surface area contributed by atoms with Gasteiger partial charge in [0, 0.05) is 30.1 Å². The second-order valence-electron chi connectivity index (χ2n) is 5.90. The molecule has 0 fully saturated rings. The summed E-state index contributed by atoms with van der Waals surface area (Å²) in [6, 6.07) is 15.0. The van der Waals surface area contributed by atoms with Crippen LogP contribution in [-0.4, -0.2) is 17.7 Å². The monoisotopic (exact) mass is 365 g/mol. The third-order valence-corrected chi connectivity index (χ3v) is 4.07. The van der Waals surface area contributed by atoms with Crippen LogP contribution in [0, 0.1) is 5.82 Å². The van der Waals surface area contributed by atoms with Crippen LogP contribution in [0.2, 0.25) is 0 Å². The topological polar surface area (TPSA) is 72.5 Å². The van der Waals surface area contributed by atoms with E-state index in [0.29, 0.717) is 40.7 Å². The minimum absolute atomic E-state index is 0.179. The Kier molecular flexibility index (Phi) is 4.57. The molecule has 136 valence electrons. The van der Waals surface area contributed by atoms with Crippen LogP contribution in [0.1, 0.15) is 15.9 Å². The number of rotatable bonds is 5. The number of nitrogens with zero attached hydrogens (tertiary/aromatic N) is 1. The molecular weight excluding hydrogens is 349 g/mol. The molecule has 2 aromatic carbocycles. The number of carbonyl (C=O) groups excluding carboxylic acids is 1. The summed E-state index contributed by atoms with van der Waals surface area (Å²) in [6.45, 7) is 0.487. The number of fused-ring (bicyclic) bond motifs is 1. The molecule has 2 N–H and O–H groups in total. The van der Waals surface area contributed by atoms with E-state index in [0.717, 1.165) is 0 Å². The summed E-state index contributed by atoms with van der Waals surface area (Å²) in [7, 11) is 0. The SMILES string of the molecule is O=C(Nc1ccc2c(c1)OCO2)c1ccc(NCc2ccccc2F)nc1. The molecule has 27 heavy (non-hydrogen) atoms. The number of halogens is 1. The largest absolute Gasteiger partial charge is 0.454 e. The van der Waals surface area contributed by atoms with Gasteiger partial charge in [0.1, 0.15) is 11.6 Å². The predicted molar refractivity (Wildman–Crippen MR) is 98.5 cm³/mol. The zero-order valence-corrected chi connectivity index (χ0v) is 14.2. The van der Waals surface area contributed by atoms with Crippen LogP contribution >= 0.6 is 0 Å². The van der Waals surface area contributed by atoms with Gasteiger partial charge in [-0.3, -0.25) is 4.79 Å². The van der Waals surface area contributed by atoms with E-state index in [1.54, 1.807) is 48.5 Å². The molecule has 1 aliphatic heterocycles. The first-order valence-electron chi connectivity index (χ1n) is 8.33. The predicted octanol–water partition coefficient (Wildman–Crippen LogP) is 3.81. The fourth-order valence-electron chi connectivity index (χ4n) is 2.64. The number of nitrogens with one attached hydrogen (secondary N) is 2. The number of anilines is 2. The van der Waals surface area contributed by atoms with Gasteiger partial charge in [-0.15, -0.1) is 0 Å². The number of hydrogen-bond donors (Lipinski definition) is 2. The average molecular weight is 365 g/mol. The van der Waals surface area contributed by atoms with Crippen molar-refractivity contribution in [2.24, 2.45) is 0 Å². The van der Waals surface area contributed by atoms with E-state index < -0.39 is 0 Å². The number of amides is 1. The summed E-state index contributed by atoms with van der Waals surface area (Å²) in [5.74, 6) is 1.24. The summed E-state index contributed by atoms with van der Waals surface area (Å²) in [4.78, 5) is 16.6. The van der Waals surface area contributed by atoms with Gasteiger partial charge in [0.15, 0.2) is 11.5 Å². The lowest BCUT2D eigenvalue weighted by molar-refractivity contribution is 0.102. The number of carbonyl (C=O) groups is 1. The second kappa shape index (κ2) is 7.33. The normalized spacial score (nSPS) is 11.9. The molecule has 0 bridgehead atoms. The van der Waals surface area contributed by atoms with Crippen molar-refractivity contribution < 1.29 is 18.7 Å². The number of pyridine rings is 1. The molecule has 7 heteroatoms. The van der Waals surface area contributed by atoms with Gasteiger partial charge in [-0.05, 0) is 30.3 Å². The minimum Gasteiger partial charge on any atom is -0.454 e. The van der Waals surface area contributed by atoms with Crippen LogP contribution < -0.4 is 20.1 Å². The van der Waals surface area contributed by atoms with Crippen molar-refractivity contribution in [3.8, 4) is 11.5 Å². The standard InChI is InChI=1S/C20H16FN3O3/c21-16-4-2-1-3-13(16)10-22-19-8-5-14(11-23-19)20(25)24-15-6-7-17-18(9-15)27-12-26-17/h1-9,11H,10,12H2,(H,22,23)(H,24,25). The van der Waals surface area contributed by atoms with Gasteiger partial charge in [0.2, 0.25) is 6.79 Å². The Hall–Kier alpha value is -3.61. The Labute approximate surface area is 155 Å². The molecule has 0 unspecified atom stereocenters. The van der Waals surface area contributed by atoms with Crippen molar-refractivity contribution in [3.05, 3.63) is 77.7 Å². The van der Waals surface area contributed by atoms with Crippen LogP contribution in [-0.2, 0) is 6.54 Å². The number of ether oxygens (including phenoxy) is 2. The molecule has 2 heterocycles. The number of aromatic nitrogens is 1. The summed E-state index contributed by atoms with van der Waals surface area (Å²) in [5.41, 5.74) is 1.55. The van der Waals surface area contributed by atoms with Crippen molar-refractivity contribution >= 4 is 17.4 Å². The van der Waals surface area contributed by atoms with Gasteiger partial charge in [-0.2, -0.15) is 0 Å². The summed E-state index contributed by atoms with van der Waals surface area (Å²) < 4.78 is 24.2. The Morgan fingerprint density at radius 1 is 1.07 bits per heavy atom. The van der Waals surface area contributed by atoms with Crippen molar-refractivity contribution in [2.45, 2.75) is 6.54 Å². The highest BCUT2D eigenvalue weighted by Gasteiger charge is 2.14. The van der Waals surface area contributed by atoms with Gasteiger partial charge in [0.05, 0.1) is 5.56 Å². The maximum absolute atomic E-state index is 13.6. The van der Waals surface area contributed by atoms with Crippen LogP contribution in [0.5, 0.6) is 11.5 Å². The molecule has 0 radical (unpaired) electrons. The van der Waals surface area contributed by atoms with Gasteiger partial charge in [-0.25, -0.2) is 9.37 Å². The maximum atomic E-state index is 13.6. The van der Waals surface area contributed by atoms with Crippen LogP contribution in [0.4, 0.5) is 15.9 Å². The van der Waals surface area contributed by atoms with E-state index in [1.807, 2.05) is 0 Å². The Morgan fingerprint density at radius 2 is 1.93 bits per heavy atom. The number of hydrogen-bond acceptors (Lipinski definition) is 5.